The highest BCUT2D eigenvalue weighted by Crippen LogP contribution is 2.22. The van der Waals surface area contributed by atoms with Gasteiger partial charge in [0.25, 0.3) is 0 Å². The van der Waals surface area contributed by atoms with Gasteiger partial charge in [0.05, 0.1) is 11.1 Å². The molecule has 5 heteroatoms. The Bertz CT molecular complexity index is 869. The number of hydrogen-bond acceptors (Lipinski definition) is 5. The molecule has 0 N–H and O–H groups in total. The molecular formula is C24H23NO4. The minimum atomic E-state index is -0.663. The zero-order chi connectivity index (χ0) is 20.6. The molecule has 0 saturated carbocycles. The molecule has 0 spiro atoms. The third-order valence-corrected chi connectivity index (χ3v) is 4.41. The molecule has 0 amide bonds. The minimum absolute atomic E-state index is 0.444. The van der Waals surface area contributed by atoms with Gasteiger partial charge in [0, 0.05) is 5.69 Å². The highest BCUT2D eigenvalue weighted by Gasteiger charge is 2.27. The zero-order valence-corrected chi connectivity index (χ0v) is 16.4. The van der Waals surface area contributed by atoms with Crippen LogP contribution < -0.4 is 4.90 Å². The molecule has 0 bridgehead atoms. The zero-order valence-electron chi connectivity index (χ0n) is 16.4. The first-order valence-corrected chi connectivity index (χ1v) is 9.41. The van der Waals surface area contributed by atoms with Crippen LogP contribution in [0.15, 0.2) is 91.0 Å². The average molecular weight is 389 g/mol. The van der Waals surface area contributed by atoms with Crippen LogP contribution in [-0.4, -0.2) is 24.4 Å². The summed E-state index contributed by atoms with van der Waals surface area (Å²) >= 11 is 0. The number of carbonyl (C=O) groups is 2. The fraction of sp³-hybridized carbons (Fsp3) is 0.167. The van der Waals surface area contributed by atoms with Crippen molar-refractivity contribution in [2.75, 3.05) is 4.90 Å². The Morgan fingerprint density at radius 3 is 1.34 bits per heavy atom. The van der Waals surface area contributed by atoms with Gasteiger partial charge in [0.15, 0.2) is 12.5 Å². The summed E-state index contributed by atoms with van der Waals surface area (Å²) in [6, 6.07) is 27.0. The lowest BCUT2D eigenvalue weighted by Crippen LogP contribution is -2.45. The lowest BCUT2D eigenvalue weighted by Gasteiger charge is -2.35. The third kappa shape index (κ3) is 5.23. The van der Waals surface area contributed by atoms with Crippen molar-refractivity contribution in [1.29, 1.82) is 0 Å². The Morgan fingerprint density at radius 1 is 0.621 bits per heavy atom. The first-order chi connectivity index (χ1) is 14.1. The Hall–Kier alpha value is -3.60. The van der Waals surface area contributed by atoms with E-state index in [9.17, 15) is 9.59 Å². The van der Waals surface area contributed by atoms with E-state index in [0.29, 0.717) is 11.1 Å². The second kappa shape index (κ2) is 9.55. The van der Waals surface area contributed by atoms with Gasteiger partial charge in [0.1, 0.15) is 0 Å². The van der Waals surface area contributed by atoms with Gasteiger partial charge in [-0.1, -0.05) is 54.6 Å². The first-order valence-electron chi connectivity index (χ1n) is 9.41. The van der Waals surface area contributed by atoms with E-state index in [1.807, 2.05) is 42.5 Å². The minimum Gasteiger partial charge on any atom is -0.438 e. The van der Waals surface area contributed by atoms with E-state index in [1.165, 1.54) is 0 Å². The van der Waals surface area contributed by atoms with E-state index in [-0.39, 0.29) is 0 Å². The molecule has 0 saturated heterocycles. The summed E-state index contributed by atoms with van der Waals surface area (Å²) < 4.78 is 11.3. The predicted octanol–water partition coefficient (Wildman–Crippen LogP) is 4.90. The Labute approximate surface area is 170 Å². The number of para-hydroxylation sites is 1. The maximum Gasteiger partial charge on any atom is 0.340 e. The number of rotatable bonds is 7. The summed E-state index contributed by atoms with van der Waals surface area (Å²) in [6.45, 7) is 3.50. The summed E-state index contributed by atoms with van der Waals surface area (Å²) in [5.41, 5.74) is 1.69. The fourth-order valence-electron chi connectivity index (χ4n) is 3.02. The van der Waals surface area contributed by atoms with Gasteiger partial charge < -0.3 is 14.4 Å². The standard InChI is InChI=1S/C24H23NO4/c1-18(28-23(26)20-12-6-3-7-13-20)25(22-16-10-5-11-17-22)19(2)29-24(27)21-14-8-4-9-15-21/h3-19H,1-2H3. The highest BCUT2D eigenvalue weighted by molar-refractivity contribution is 5.90. The predicted molar refractivity (Wildman–Crippen MR) is 112 cm³/mol. The van der Waals surface area contributed by atoms with Crippen molar-refractivity contribution in [1.82, 2.24) is 0 Å². The summed E-state index contributed by atoms with van der Waals surface area (Å²) in [5.74, 6) is -0.888. The lowest BCUT2D eigenvalue weighted by atomic mass is 10.2. The van der Waals surface area contributed by atoms with E-state index >= 15 is 0 Å². The second-order valence-electron chi connectivity index (χ2n) is 6.48. The van der Waals surface area contributed by atoms with Crippen LogP contribution in [0.2, 0.25) is 0 Å². The third-order valence-electron chi connectivity index (χ3n) is 4.41. The maximum atomic E-state index is 12.5. The van der Waals surface area contributed by atoms with Gasteiger partial charge in [-0.25, -0.2) is 9.59 Å². The topological polar surface area (TPSA) is 55.8 Å². The Kier molecular flexibility index (Phi) is 6.63. The van der Waals surface area contributed by atoms with Crippen LogP contribution in [0.5, 0.6) is 0 Å². The van der Waals surface area contributed by atoms with E-state index in [4.69, 9.17) is 9.47 Å². The molecule has 0 aliphatic rings. The SMILES string of the molecule is CC(OC(=O)c1ccccc1)N(c1ccccc1)C(C)OC(=O)c1ccccc1. The molecule has 3 rings (SSSR count). The van der Waals surface area contributed by atoms with Gasteiger partial charge >= 0.3 is 11.9 Å². The average Bonchev–Trinajstić information content (AvgIpc) is 2.75. The first kappa shape index (κ1) is 20.1. The van der Waals surface area contributed by atoms with Crippen LogP contribution in [0.25, 0.3) is 0 Å². The van der Waals surface area contributed by atoms with Crippen molar-refractivity contribution < 1.29 is 19.1 Å². The maximum absolute atomic E-state index is 12.5. The molecule has 2 atom stereocenters. The van der Waals surface area contributed by atoms with Gasteiger partial charge in [-0.05, 0) is 50.2 Å². The van der Waals surface area contributed by atoms with Crippen molar-refractivity contribution in [3.63, 3.8) is 0 Å². The number of ether oxygens (including phenoxy) is 2. The molecule has 0 fully saturated rings. The molecule has 5 nitrogen and oxygen atoms in total. The van der Waals surface area contributed by atoms with E-state index in [2.05, 4.69) is 0 Å². The van der Waals surface area contributed by atoms with E-state index in [1.54, 1.807) is 67.3 Å². The molecule has 0 radical (unpaired) electrons. The molecule has 0 heterocycles. The molecule has 3 aromatic rings. The highest BCUT2D eigenvalue weighted by atomic mass is 16.6. The fourth-order valence-corrected chi connectivity index (χ4v) is 3.02. The van der Waals surface area contributed by atoms with Crippen LogP contribution in [0.4, 0.5) is 5.69 Å². The van der Waals surface area contributed by atoms with Gasteiger partial charge in [-0.15, -0.1) is 0 Å². The van der Waals surface area contributed by atoms with Crippen molar-refractivity contribution in [3.8, 4) is 0 Å². The molecule has 3 aromatic carbocycles. The quantitative estimate of drug-likeness (QED) is 0.425. The monoisotopic (exact) mass is 389 g/mol. The van der Waals surface area contributed by atoms with Gasteiger partial charge in [-0.3, -0.25) is 0 Å². The van der Waals surface area contributed by atoms with Crippen LogP contribution in [-0.2, 0) is 9.47 Å². The molecule has 2 unspecified atom stereocenters. The summed E-state index contributed by atoms with van der Waals surface area (Å²) in [6.07, 6.45) is -1.33. The van der Waals surface area contributed by atoms with Crippen LogP contribution in [0, 0.1) is 0 Å². The number of esters is 2. The Balaban J connectivity index is 1.79. The molecule has 29 heavy (non-hydrogen) atoms. The number of carbonyl (C=O) groups excluding carboxylic acids is 2. The lowest BCUT2D eigenvalue weighted by molar-refractivity contribution is 0.00901. The number of benzene rings is 3. The van der Waals surface area contributed by atoms with Crippen molar-refractivity contribution in [3.05, 3.63) is 102 Å². The van der Waals surface area contributed by atoms with Crippen molar-refractivity contribution in [2.45, 2.75) is 26.3 Å². The molecule has 0 aliphatic heterocycles. The van der Waals surface area contributed by atoms with Crippen LogP contribution in [0.1, 0.15) is 34.6 Å². The summed E-state index contributed by atoms with van der Waals surface area (Å²) in [4.78, 5) is 26.8. The number of nitrogens with zero attached hydrogens (tertiary/aromatic N) is 1. The van der Waals surface area contributed by atoms with Crippen LogP contribution >= 0.6 is 0 Å². The van der Waals surface area contributed by atoms with Gasteiger partial charge in [-0.2, -0.15) is 0 Å². The summed E-state index contributed by atoms with van der Waals surface area (Å²) in [7, 11) is 0. The molecular weight excluding hydrogens is 366 g/mol. The Morgan fingerprint density at radius 2 is 0.966 bits per heavy atom. The summed E-state index contributed by atoms with van der Waals surface area (Å²) in [5, 5.41) is 0. The largest absolute Gasteiger partial charge is 0.438 e. The molecule has 0 aromatic heterocycles. The van der Waals surface area contributed by atoms with Crippen molar-refractivity contribution in [2.24, 2.45) is 0 Å². The van der Waals surface area contributed by atoms with Gasteiger partial charge in [0.2, 0.25) is 0 Å². The smallest absolute Gasteiger partial charge is 0.340 e. The number of anilines is 1. The van der Waals surface area contributed by atoms with Crippen molar-refractivity contribution >= 4 is 17.6 Å². The van der Waals surface area contributed by atoms with E-state index in [0.717, 1.165) is 5.69 Å². The van der Waals surface area contributed by atoms with E-state index < -0.39 is 24.4 Å². The number of hydrogen-bond donors (Lipinski definition) is 0. The molecule has 0 aliphatic carbocycles. The normalized spacial score (nSPS) is 12.5. The second-order valence-corrected chi connectivity index (χ2v) is 6.48. The molecule has 148 valence electrons. The van der Waals surface area contributed by atoms with Crippen LogP contribution in [0.3, 0.4) is 0 Å².